The molecule has 6 nitrogen and oxygen atoms in total. The van der Waals surface area contributed by atoms with E-state index in [4.69, 9.17) is 4.74 Å². The first-order valence-corrected chi connectivity index (χ1v) is 12.2. The summed E-state index contributed by atoms with van der Waals surface area (Å²) < 4.78 is 59.0. The minimum absolute atomic E-state index is 0.0470. The topological polar surface area (TPSA) is 89.5 Å². The van der Waals surface area contributed by atoms with Crippen molar-refractivity contribution in [1.29, 1.82) is 0 Å². The van der Waals surface area contributed by atoms with Gasteiger partial charge in [-0.15, -0.1) is 0 Å². The summed E-state index contributed by atoms with van der Waals surface area (Å²) in [7, 11) is -6.11. The number of rotatable bonds is 8. The van der Waals surface area contributed by atoms with Crippen molar-refractivity contribution in [3.8, 4) is 5.75 Å². The van der Waals surface area contributed by atoms with Crippen molar-refractivity contribution in [3.63, 3.8) is 0 Å². The second kappa shape index (κ2) is 8.99. The Hall–Kier alpha value is -2.68. The second-order valence-corrected chi connectivity index (χ2v) is 10.4. The van der Waals surface area contributed by atoms with E-state index in [-0.39, 0.29) is 21.2 Å². The molecule has 3 aromatic rings. The second-order valence-electron chi connectivity index (χ2n) is 6.74. The standard InChI is InChI=1S/C22H23NO5S2/c1-17-8-13-21(29(24,25)20-6-4-3-5-7-20)16-22(17)30(26,27)23-15-14-18-9-11-19(28-2)12-10-18/h3-13,16,23H,14-15H2,1-2H3. The van der Waals surface area contributed by atoms with E-state index in [0.717, 1.165) is 11.3 Å². The molecule has 0 aliphatic carbocycles. The van der Waals surface area contributed by atoms with Crippen molar-refractivity contribution < 1.29 is 21.6 Å². The van der Waals surface area contributed by atoms with Crippen molar-refractivity contribution in [3.05, 3.63) is 83.9 Å². The van der Waals surface area contributed by atoms with Crippen LogP contribution in [0.25, 0.3) is 0 Å². The Morgan fingerprint density at radius 1 is 0.833 bits per heavy atom. The van der Waals surface area contributed by atoms with Crippen LogP contribution in [0.3, 0.4) is 0 Å². The Labute approximate surface area is 177 Å². The zero-order valence-electron chi connectivity index (χ0n) is 16.7. The van der Waals surface area contributed by atoms with E-state index in [2.05, 4.69) is 4.72 Å². The smallest absolute Gasteiger partial charge is 0.240 e. The van der Waals surface area contributed by atoms with Crippen LogP contribution < -0.4 is 9.46 Å². The van der Waals surface area contributed by atoms with Crippen molar-refractivity contribution in [2.75, 3.05) is 13.7 Å². The van der Waals surface area contributed by atoms with Gasteiger partial charge in [0.05, 0.1) is 21.8 Å². The van der Waals surface area contributed by atoms with E-state index < -0.39 is 19.9 Å². The van der Waals surface area contributed by atoms with Gasteiger partial charge in [0.2, 0.25) is 19.9 Å². The van der Waals surface area contributed by atoms with Crippen LogP contribution in [-0.4, -0.2) is 30.5 Å². The maximum Gasteiger partial charge on any atom is 0.240 e. The maximum atomic E-state index is 12.9. The molecule has 0 aromatic heterocycles. The molecule has 0 atom stereocenters. The lowest BCUT2D eigenvalue weighted by molar-refractivity contribution is 0.414. The maximum absolute atomic E-state index is 12.9. The zero-order chi connectivity index (χ0) is 21.8. The van der Waals surface area contributed by atoms with E-state index in [1.54, 1.807) is 32.2 Å². The Kier molecular flexibility index (Phi) is 6.60. The molecule has 0 heterocycles. The summed E-state index contributed by atoms with van der Waals surface area (Å²) >= 11 is 0. The monoisotopic (exact) mass is 445 g/mol. The first kappa shape index (κ1) is 22.0. The number of ether oxygens (including phenoxy) is 1. The number of hydrogen-bond acceptors (Lipinski definition) is 5. The number of sulfonamides is 1. The summed E-state index contributed by atoms with van der Waals surface area (Å²) in [6, 6.07) is 19.4. The molecular weight excluding hydrogens is 422 g/mol. The first-order valence-electron chi connectivity index (χ1n) is 9.27. The van der Waals surface area contributed by atoms with Gasteiger partial charge in [-0.25, -0.2) is 21.6 Å². The first-order chi connectivity index (χ1) is 14.2. The van der Waals surface area contributed by atoms with E-state index in [1.807, 2.05) is 24.3 Å². The molecule has 0 bridgehead atoms. The van der Waals surface area contributed by atoms with E-state index >= 15 is 0 Å². The predicted octanol–water partition coefficient (Wildman–Crippen LogP) is 3.36. The molecule has 0 aliphatic heterocycles. The predicted molar refractivity (Wildman–Crippen MR) is 115 cm³/mol. The third kappa shape index (κ3) is 4.89. The van der Waals surface area contributed by atoms with E-state index in [0.29, 0.717) is 12.0 Å². The fourth-order valence-corrected chi connectivity index (χ4v) is 5.66. The van der Waals surface area contributed by atoms with E-state index in [9.17, 15) is 16.8 Å². The Morgan fingerprint density at radius 3 is 2.13 bits per heavy atom. The summed E-state index contributed by atoms with van der Waals surface area (Å²) in [5, 5.41) is 0. The summed E-state index contributed by atoms with van der Waals surface area (Å²) in [6.07, 6.45) is 0.490. The number of methoxy groups -OCH3 is 1. The molecule has 0 amide bonds. The number of benzene rings is 3. The SMILES string of the molecule is COc1ccc(CCNS(=O)(=O)c2cc(S(=O)(=O)c3ccccc3)ccc2C)cc1. The fraction of sp³-hybridized carbons (Fsp3) is 0.182. The Balaban J connectivity index is 1.80. The third-order valence-corrected chi connectivity index (χ3v) is 8.05. The van der Waals surface area contributed by atoms with Crippen LogP contribution in [0.1, 0.15) is 11.1 Å². The van der Waals surface area contributed by atoms with E-state index in [1.165, 1.54) is 30.3 Å². The Bertz CT molecular complexity index is 1220. The molecule has 0 aliphatic rings. The van der Waals surface area contributed by atoms with Crippen molar-refractivity contribution in [2.24, 2.45) is 0 Å². The van der Waals surface area contributed by atoms with Gasteiger partial charge in [0, 0.05) is 6.54 Å². The molecule has 158 valence electrons. The molecule has 0 unspecified atom stereocenters. The average molecular weight is 446 g/mol. The normalized spacial score (nSPS) is 11.9. The van der Waals surface area contributed by atoms with Gasteiger partial charge in [0.25, 0.3) is 0 Å². The lowest BCUT2D eigenvalue weighted by Crippen LogP contribution is -2.27. The summed E-state index contributed by atoms with van der Waals surface area (Å²) in [5.74, 6) is 0.728. The molecule has 0 saturated heterocycles. The molecular formula is C22H23NO5S2. The minimum Gasteiger partial charge on any atom is -0.497 e. The Morgan fingerprint density at radius 2 is 1.50 bits per heavy atom. The highest BCUT2D eigenvalue weighted by Crippen LogP contribution is 2.25. The highest BCUT2D eigenvalue weighted by molar-refractivity contribution is 7.91. The van der Waals surface area contributed by atoms with Crippen LogP contribution in [0.4, 0.5) is 0 Å². The van der Waals surface area contributed by atoms with Gasteiger partial charge < -0.3 is 4.74 Å². The molecule has 3 rings (SSSR count). The van der Waals surface area contributed by atoms with Gasteiger partial charge in [0.1, 0.15) is 5.75 Å². The minimum atomic E-state index is -3.88. The van der Waals surface area contributed by atoms with Crippen LogP contribution in [0.15, 0.2) is 87.5 Å². The van der Waals surface area contributed by atoms with Gasteiger partial charge in [-0.3, -0.25) is 0 Å². The number of aryl methyl sites for hydroxylation is 1. The molecule has 0 saturated carbocycles. The van der Waals surface area contributed by atoms with Gasteiger partial charge in [-0.1, -0.05) is 36.4 Å². The summed E-state index contributed by atoms with van der Waals surface area (Å²) in [6.45, 7) is 1.82. The van der Waals surface area contributed by atoms with Crippen LogP contribution in [0.5, 0.6) is 5.75 Å². The average Bonchev–Trinajstić information content (AvgIpc) is 2.75. The van der Waals surface area contributed by atoms with Crippen molar-refractivity contribution in [1.82, 2.24) is 4.72 Å². The summed E-state index contributed by atoms with van der Waals surface area (Å²) in [5.41, 5.74) is 1.43. The molecule has 1 N–H and O–H groups in total. The fourth-order valence-electron chi connectivity index (χ4n) is 2.97. The van der Waals surface area contributed by atoms with Crippen LogP contribution in [0.2, 0.25) is 0 Å². The molecule has 8 heteroatoms. The van der Waals surface area contributed by atoms with Gasteiger partial charge in [-0.2, -0.15) is 0 Å². The van der Waals surface area contributed by atoms with Gasteiger partial charge in [-0.05, 0) is 60.9 Å². The zero-order valence-corrected chi connectivity index (χ0v) is 18.3. The third-order valence-electron chi connectivity index (χ3n) is 4.68. The van der Waals surface area contributed by atoms with Gasteiger partial charge in [0.15, 0.2) is 0 Å². The highest BCUT2D eigenvalue weighted by Gasteiger charge is 2.23. The van der Waals surface area contributed by atoms with Crippen LogP contribution in [0, 0.1) is 6.92 Å². The van der Waals surface area contributed by atoms with Crippen molar-refractivity contribution >= 4 is 19.9 Å². The molecule has 0 spiro atoms. The number of nitrogens with one attached hydrogen (secondary N) is 1. The summed E-state index contributed by atoms with van der Waals surface area (Å²) in [4.78, 5) is 0.00809. The lowest BCUT2D eigenvalue weighted by atomic mass is 10.1. The number of hydrogen-bond donors (Lipinski definition) is 1. The quantitative estimate of drug-likeness (QED) is 0.574. The highest BCUT2D eigenvalue weighted by atomic mass is 32.2. The number of sulfone groups is 1. The largest absolute Gasteiger partial charge is 0.497 e. The lowest BCUT2D eigenvalue weighted by Gasteiger charge is -2.12. The molecule has 30 heavy (non-hydrogen) atoms. The van der Waals surface area contributed by atoms with Crippen molar-refractivity contribution in [2.45, 2.75) is 28.0 Å². The van der Waals surface area contributed by atoms with Crippen LogP contribution >= 0.6 is 0 Å². The molecule has 0 fully saturated rings. The van der Waals surface area contributed by atoms with Gasteiger partial charge >= 0.3 is 0 Å². The molecule has 3 aromatic carbocycles. The van der Waals surface area contributed by atoms with Crippen LogP contribution in [-0.2, 0) is 26.3 Å². The molecule has 0 radical (unpaired) electrons.